The van der Waals surface area contributed by atoms with Crippen molar-refractivity contribution in [2.45, 2.75) is 70.7 Å². The second-order valence-electron chi connectivity index (χ2n) is 11.1. The van der Waals surface area contributed by atoms with E-state index in [9.17, 15) is 9.90 Å². The molecule has 2 aliphatic heterocycles. The maximum Gasteiger partial charge on any atom is 0.253 e. The third-order valence-electron chi connectivity index (χ3n) is 8.14. The van der Waals surface area contributed by atoms with E-state index in [1.54, 1.807) is 24.5 Å². The molecule has 2 fully saturated rings. The molecule has 212 valence electrons. The first-order valence-electron chi connectivity index (χ1n) is 14.6. The first-order chi connectivity index (χ1) is 19.6. The van der Waals surface area contributed by atoms with Crippen LogP contribution >= 0.6 is 0 Å². The van der Waals surface area contributed by atoms with Gasteiger partial charge in [-0.1, -0.05) is 74.7 Å². The van der Waals surface area contributed by atoms with E-state index in [1.165, 1.54) is 32.1 Å². The highest BCUT2D eigenvalue weighted by Crippen LogP contribution is 2.42. The summed E-state index contributed by atoms with van der Waals surface area (Å²) in [6, 6.07) is 19.7. The van der Waals surface area contributed by atoms with Crippen LogP contribution in [0.1, 0.15) is 84.0 Å². The zero-order valence-corrected chi connectivity index (χ0v) is 23.4. The lowest BCUT2D eigenvalue weighted by Gasteiger charge is -2.43. The van der Waals surface area contributed by atoms with Gasteiger partial charge in [0.25, 0.3) is 5.91 Å². The number of ether oxygens (including phenoxy) is 2. The average Bonchev–Trinajstić information content (AvgIpc) is 2.99. The quantitative estimate of drug-likeness (QED) is 0.387. The number of rotatable bonds is 8. The van der Waals surface area contributed by atoms with E-state index < -0.39 is 6.29 Å². The number of nitrogens with one attached hydrogen (secondary N) is 1. The summed E-state index contributed by atoms with van der Waals surface area (Å²) in [6.45, 7) is 5.81. The Morgan fingerprint density at radius 2 is 1.60 bits per heavy atom. The number of pyridine rings is 1. The third-order valence-corrected chi connectivity index (χ3v) is 8.14. The van der Waals surface area contributed by atoms with E-state index in [-0.39, 0.29) is 30.6 Å². The fourth-order valence-corrected chi connectivity index (χ4v) is 5.65. The van der Waals surface area contributed by atoms with Crippen LogP contribution in [0.3, 0.4) is 0 Å². The van der Waals surface area contributed by atoms with Gasteiger partial charge in [0, 0.05) is 37.0 Å². The maximum atomic E-state index is 12.4. The number of carbonyl (C=O) groups excluding carboxylic acids is 1. The summed E-state index contributed by atoms with van der Waals surface area (Å²) in [6.07, 6.45) is 9.07. The number of hydrogen-bond donors (Lipinski definition) is 2. The molecule has 0 spiro atoms. The Bertz CT molecular complexity index is 1190. The van der Waals surface area contributed by atoms with Crippen molar-refractivity contribution in [2.24, 2.45) is 5.92 Å². The highest BCUT2D eigenvalue weighted by molar-refractivity contribution is 5.93. The van der Waals surface area contributed by atoms with Crippen LogP contribution in [0.4, 0.5) is 0 Å². The summed E-state index contributed by atoms with van der Waals surface area (Å²) < 4.78 is 13.3. The van der Waals surface area contributed by atoms with Gasteiger partial charge in [0.15, 0.2) is 6.29 Å². The standard InChI is InChI=1S/C33H41N3O4/c1-24-30(22-36-18-5-3-2-4-6-19-36)39-33(40-31(24)27-13-11-26(23-37)12-14-27)28-15-9-25(10-16-28)20-35-32(38)29-8-7-17-34-21-29/h7-17,21,24,30-31,33,37H,2-6,18-20,22-23H2,1H3,(H,35,38)/t24-,30+,31+,33+/m1/s1. The van der Waals surface area contributed by atoms with Crippen LogP contribution in [-0.2, 0) is 22.6 Å². The molecule has 1 aromatic heterocycles. The fraction of sp³-hybridized carbons (Fsp3) is 0.455. The smallest absolute Gasteiger partial charge is 0.253 e. The topological polar surface area (TPSA) is 83.9 Å². The van der Waals surface area contributed by atoms with E-state index in [0.29, 0.717) is 12.1 Å². The van der Waals surface area contributed by atoms with Gasteiger partial charge in [-0.15, -0.1) is 0 Å². The largest absolute Gasteiger partial charge is 0.392 e. The lowest BCUT2D eigenvalue weighted by Crippen LogP contribution is -2.45. The van der Waals surface area contributed by atoms with Gasteiger partial charge < -0.3 is 24.8 Å². The Morgan fingerprint density at radius 3 is 2.27 bits per heavy atom. The first kappa shape index (κ1) is 28.4. The summed E-state index contributed by atoms with van der Waals surface area (Å²) in [7, 11) is 0. The zero-order valence-electron chi connectivity index (χ0n) is 23.4. The van der Waals surface area contributed by atoms with Crippen molar-refractivity contribution in [3.05, 3.63) is 101 Å². The van der Waals surface area contributed by atoms with Crippen molar-refractivity contribution < 1.29 is 19.4 Å². The van der Waals surface area contributed by atoms with Gasteiger partial charge in [-0.3, -0.25) is 9.78 Å². The fourth-order valence-electron chi connectivity index (χ4n) is 5.65. The normalized spacial score (nSPS) is 24.1. The molecule has 7 heteroatoms. The lowest BCUT2D eigenvalue weighted by molar-refractivity contribution is -0.276. The number of nitrogens with zero attached hydrogens (tertiary/aromatic N) is 2. The average molecular weight is 544 g/mol. The van der Waals surface area contributed by atoms with Crippen LogP contribution in [0.5, 0.6) is 0 Å². The Morgan fingerprint density at radius 1 is 0.925 bits per heavy atom. The molecule has 0 aliphatic carbocycles. The minimum atomic E-state index is -0.488. The van der Waals surface area contributed by atoms with Crippen molar-refractivity contribution in [1.82, 2.24) is 15.2 Å². The molecule has 0 unspecified atom stereocenters. The lowest BCUT2D eigenvalue weighted by atomic mass is 9.89. The van der Waals surface area contributed by atoms with Crippen LogP contribution < -0.4 is 5.32 Å². The SMILES string of the molecule is C[C@@H]1[C@H](CN2CCCCCCC2)O[C@H](c2ccc(CNC(=O)c3cccnc3)cc2)O[C@@H]1c1ccc(CO)cc1. The Kier molecular flexibility index (Phi) is 9.95. The van der Waals surface area contributed by atoms with Crippen LogP contribution in [0, 0.1) is 5.92 Å². The van der Waals surface area contributed by atoms with Crippen LogP contribution in [0.2, 0.25) is 0 Å². The second kappa shape index (κ2) is 14.0. The summed E-state index contributed by atoms with van der Waals surface area (Å²) in [4.78, 5) is 19.0. The molecule has 0 radical (unpaired) electrons. The Labute approximate surface area is 237 Å². The highest BCUT2D eigenvalue weighted by atomic mass is 16.7. The monoisotopic (exact) mass is 543 g/mol. The minimum Gasteiger partial charge on any atom is -0.392 e. The van der Waals surface area contributed by atoms with Gasteiger partial charge in [-0.2, -0.15) is 0 Å². The molecule has 4 atom stereocenters. The molecular formula is C33H41N3O4. The highest BCUT2D eigenvalue weighted by Gasteiger charge is 2.39. The molecule has 3 aromatic rings. The van der Waals surface area contributed by atoms with Gasteiger partial charge in [0.2, 0.25) is 0 Å². The van der Waals surface area contributed by atoms with Crippen molar-refractivity contribution >= 4 is 5.91 Å². The molecule has 2 saturated heterocycles. The minimum absolute atomic E-state index is 0.0270. The van der Waals surface area contributed by atoms with Crippen LogP contribution in [-0.4, -0.2) is 46.6 Å². The van der Waals surface area contributed by atoms with Crippen molar-refractivity contribution in [1.29, 1.82) is 0 Å². The number of aliphatic hydroxyl groups is 1. The molecule has 3 heterocycles. The second-order valence-corrected chi connectivity index (χ2v) is 11.1. The summed E-state index contributed by atoms with van der Waals surface area (Å²) in [5.74, 6) is 0.0239. The summed E-state index contributed by atoms with van der Waals surface area (Å²) in [5, 5.41) is 12.5. The van der Waals surface area contributed by atoms with Gasteiger partial charge in [-0.05, 0) is 54.8 Å². The van der Waals surface area contributed by atoms with Gasteiger partial charge in [0.05, 0.1) is 24.4 Å². The molecule has 2 aromatic carbocycles. The number of aromatic nitrogens is 1. The molecule has 5 rings (SSSR count). The van der Waals surface area contributed by atoms with Crippen molar-refractivity contribution in [3.63, 3.8) is 0 Å². The molecule has 7 nitrogen and oxygen atoms in total. The predicted molar refractivity (Wildman–Crippen MR) is 154 cm³/mol. The number of aliphatic hydroxyl groups excluding tert-OH is 1. The van der Waals surface area contributed by atoms with E-state index >= 15 is 0 Å². The first-order valence-corrected chi connectivity index (χ1v) is 14.6. The Balaban J connectivity index is 1.30. The predicted octanol–water partition coefficient (Wildman–Crippen LogP) is 5.56. The van der Waals surface area contributed by atoms with E-state index in [0.717, 1.165) is 41.9 Å². The number of likely N-dealkylation sites (tertiary alicyclic amines) is 1. The molecule has 40 heavy (non-hydrogen) atoms. The molecule has 2 aliphatic rings. The summed E-state index contributed by atoms with van der Waals surface area (Å²) >= 11 is 0. The summed E-state index contributed by atoms with van der Waals surface area (Å²) in [5.41, 5.74) is 4.50. The van der Waals surface area contributed by atoms with Crippen molar-refractivity contribution in [2.75, 3.05) is 19.6 Å². The molecular weight excluding hydrogens is 502 g/mol. The number of benzene rings is 2. The number of amides is 1. The van der Waals surface area contributed by atoms with Crippen LogP contribution in [0.15, 0.2) is 73.1 Å². The molecule has 0 saturated carbocycles. The maximum absolute atomic E-state index is 12.4. The van der Waals surface area contributed by atoms with Gasteiger partial charge >= 0.3 is 0 Å². The van der Waals surface area contributed by atoms with Gasteiger partial charge in [-0.25, -0.2) is 0 Å². The third kappa shape index (κ3) is 7.34. The van der Waals surface area contributed by atoms with Gasteiger partial charge in [0.1, 0.15) is 0 Å². The van der Waals surface area contributed by atoms with Crippen molar-refractivity contribution in [3.8, 4) is 0 Å². The molecule has 1 amide bonds. The Hall–Kier alpha value is -3.10. The molecule has 0 bridgehead atoms. The number of hydrogen-bond acceptors (Lipinski definition) is 6. The zero-order chi connectivity index (χ0) is 27.7. The number of carbonyl (C=O) groups is 1. The van der Waals surface area contributed by atoms with E-state index in [1.807, 2.05) is 36.4 Å². The molecule has 2 N–H and O–H groups in total. The van der Waals surface area contributed by atoms with Crippen LogP contribution in [0.25, 0.3) is 0 Å². The van der Waals surface area contributed by atoms with E-state index in [4.69, 9.17) is 9.47 Å². The van der Waals surface area contributed by atoms with E-state index in [2.05, 4.69) is 34.3 Å².